The van der Waals surface area contributed by atoms with Crippen LogP contribution in [0.2, 0.25) is 0 Å². The average Bonchev–Trinajstić information content (AvgIpc) is 2.77. The minimum atomic E-state index is -1.36. The van der Waals surface area contributed by atoms with Crippen molar-refractivity contribution in [2.45, 2.75) is 36.7 Å². The van der Waals surface area contributed by atoms with Crippen LogP contribution >= 0.6 is 0 Å². The molecule has 2 aromatic rings. The van der Waals surface area contributed by atoms with Crippen LogP contribution in [-0.4, -0.2) is 46.9 Å². The minimum Gasteiger partial charge on any atom is -0.467 e. The fourth-order valence-electron chi connectivity index (χ4n) is 2.89. The third-order valence-electron chi connectivity index (χ3n) is 4.45. The lowest BCUT2D eigenvalue weighted by Gasteiger charge is -2.22. The first-order chi connectivity index (χ1) is 14.8. The number of rotatable bonds is 10. The van der Waals surface area contributed by atoms with Gasteiger partial charge in [0, 0.05) is 24.0 Å². The molecule has 9 heteroatoms. The summed E-state index contributed by atoms with van der Waals surface area (Å²) in [6.07, 6.45) is 0.193. The number of hydrogen-bond acceptors (Lipinski definition) is 5. The van der Waals surface area contributed by atoms with E-state index in [1.54, 1.807) is 24.3 Å². The second-order valence-electron chi connectivity index (χ2n) is 6.82. The summed E-state index contributed by atoms with van der Waals surface area (Å²) in [4.78, 5) is 37.2. The number of methoxy groups -OCH3 is 1. The maximum absolute atomic E-state index is 13.1. The number of carbonyl (C=O) groups excluding carboxylic acids is 3. The van der Waals surface area contributed by atoms with Crippen LogP contribution in [-0.2, 0) is 36.3 Å². The molecule has 0 saturated heterocycles. The van der Waals surface area contributed by atoms with Crippen molar-refractivity contribution in [2.75, 3.05) is 12.9 Å². The van der Waals surface area contributed by atoms with E-state index in [1.165, 1.54) is 38.3 Å². The van der Waals surface area contributed by atoms with Crippen molar-refractivity contribution in [1.82, 2.24) is 10.6 Å². The van der Waals surface area contributed by atoms with E-state index in [0.717, 1.165) is 0 Å². The molecule has 0 aliphatic carbocycles. The maximum atomic E-state index is 13.1. The van der Waals surface area contributed by atoms with Gasteiger partial charge < -0.3 is 15.4 Å². The summed E-state index contributed by atoms with van der Waals surface area (Å²) >= 11 is 0. The normalized spacial score (nSPS) is 13.5. The summed E-state index contributed by atoms with van der Waals surface area (Å²) in [5, 5.41) is 5.11. The van der Waals surface area contributed by atoms with Gasteiger partial charge in [0.25, 0.3) is 0 Å². The Labute approximate surface area is 182 Å². The molecule has 0 aliphatic heterocycles. The van der Waals surface area contributed by atoms with E-state index in [4.69, 9.17) is 4.74 Å². The molecular weight excluding hydrogens is 423 g/mol. The van der Waals surface area contributed by atoms with Crippen molar-refractivity contribution in [2.24, 2.45) is 0 Å². The van der Waals surface area contributed by atoms with Gasteiger partial charge >= 0.3 is 5.97 Å². The van der Waals surface area contributed by atoms with Gasteiger partial charge in [0.15, 0.2) is 0 Å². The quantitative estimate of drug-likeness (QED) is 0.539. The first kappa shape index (κ1) is 24.2. The van der Waals surface area contributed by atoms with Gasteiger partial charge in [-0.2, -0.15) is 0 Å². The van der Waals surface area contributed by atoms with E-state index in [1.807, 2.05) is 6.07 Å². The van der Waals surface area contributed by atoms with Crippen LogP contribution in [0.4, 0.5) is 4.39 Å². The standard InChI is InChI=1S/C22H25FN2O5S/c1-15(26)24-20(14-16-8-10-17(23)11-9-16)21(27)25-19(22(28)30-2)12-13-31(29)18-6-4-3-5-7-18/h3-11,19-20H,12-14H2,1-2H3,(H,24,26)(H,25,27)/t19-,20+,31-/m1/s1. The van der Waals surface area contributed by atoms with E-state index in [-0.39, 0.29) is 18.6 Å². The zero-order valence-electron chi connectivity index (χ0n) is 17.3. The molecule has 0 spiro atoms. The van der Waals surface area contributed by atoms with Crippen LogP contribution in [0.1, 0.15) is 18.9 Å². The van der Waals surface area contributed by atoms with Gasteiger partial charge in [-0.15, -0.1) is 0 Å². The predicted octanol–water partition coefficient (Wildman–Crippen LogP) is 1.73. The van der Waals surface area contributed by atoms with Crippen molar-refractivity contribution in [3.8, 4) is 0 Å². The minimum absolute atomic E-state index is 0.0866. The molecule has 2 rings (SSSR count). The predicted molar refractivity (Wildman–Crippen MR) is 114 cm³/mol. The van der Waals surface area contributed by atoms with Gasteiger partial charge in [0.1, 0.15) is 17.9 Å². The smallest absolute Gasteiger partial charge is 0.328 e. The largest absolute Gasteiger partial charge is 0.467 e. The summed E-state index contributed by atoms with van der Waals surface area (Å²) in [7, 11) is -0.161. The summed E-state index contributed by atoms with van der Waals surface area (Å²) in [5.74, 6) is -1.99. The monoisotopic (exact) mass is 448 g/mol. The molecule has 31 heavy (non-hydrogen) atoms. The van der Waals surface area contributed by atoms with Crippen molar-refractivity contribution in [3.05, 3.63) is 66.0 Å². The molecule has 2 aromatic carbocycles. The number of benzene rings is 2. The zero-order valence-corrected chi connectivity index (χ0v) is 18.1. The summed E-state index contributed by atoms with van der Waals surface area (Å²) in [5.41, 5.74) is 0.634. The Kier molecular flexibility index (Phi) is 9.33. The van der Waals surface area contributed by atoms with Gasteiger partial charge in [-0.1, -0.05) is 30.3 Å². The summed E-state index contributed by atoms with van der Waals surface area (Å²) in [6, 6.07) is 12.3. The third kappa shape index (κ3) is 7.93. The number of nitrogens with one attached hydrogen (secondary N) is 2. The van der Waals surface area contributed by atoms with E-state index >= 15 is 0 Å². The van der Waals surface area contributed by atoms with Crippen LogP contribution in [0, 0.1) is 5.82 Å². The molecule has 7 nitrogen and oxygen atoms in total. The maximum Gasteiger partial charge on any atom is 0.328 e. The highest BCUT2D eigenvalue weighted by molar-refractivity contribution is 7.85. The Morgan fingerprint density at radius 1 is 1.00 bits per heavy atom. The highest BCUT2D eigenvalue weighted by Crippen LogP contribution is 2.10. The molecule has 2 N–H and O–H groups in total. The number of carbonyl (C=O) groups is 3. The second kappa shape index (κ2) is 11.9. The van der Waals surface area contributed by atoms with E-state index in [2.05, 4.69) is 10.6 Å². The van der Waals surface area contributed by atoms with E-state index in [0.29, 0.717) is 10.5 Å². The molecule has 0 heterocycles. The highest BCUT2D eigenvalue weighted by atomic mass is 32.2. The van der Waals surface area contributed by atoms with E-state index in [9.17, 15) is 23.0 Å². The van der Waals surface area contributed by atoms with Gasteiger partial charge in [-0.3, -0.25) is 13.8 Å². The molecule has 0 saturated carbocycles. The number of hydrogen-bond donors (Lipinski definition) is 2. The number of amides is 2. The average molecular weight is 449 g/mol. The zero-order chi connectivity index (χ0) is 22.8. The summed E-state index contributed by atoms with van der Waals surface area (Å²) in [6.45, 7) is 1.27. The highest BCUT2D eigenvalue weighted by Gasteiger charge is 2.27. The molecule has 0 unspecified atom stereocenters. The lowest BCUT2D eigenvalue weighted by Crippen LogP contribution is -2.52. The molecule has 0 radical (unpaired) electrons. The molecule has 166 valence electrons. The van der Waals surface area contributed by atoms with Crippen LogP contribution < -0.4 is 10.6 Å². The van der Waals surface area contributed by atoms with Crippen molar-refractivity contribution >= 4 is 28.6 Å². The van der Waals surface area contributed by atoms with Crippen molar-refractivity contribution < 1.29 is 27.7 Å². The summed E-state index contributed by atoms with van der Waals surface area (Å²) < 4.78 is 30.4. The third-order valence-corrected chi connectivity index (χ3v) is 5.85. The van der Waals surface area contributed by atoms with Gasteiger partial charge in [-0.25, -0.2) is 9.18 Å². The second-order valence-corrected chi connectivity index (χ2v) is 8.39. The van der Waals surface area contributed by atoms with Gasteiger partial charge in [0.2, 0.25) is 11.8 Å². The molecule has 2 amide bonds. The Balaban J connectivity index is 2.07. The molecule has 0 fully saturated rings. The van der Waals surface area contributed by atoms with Crippen molar-refractivity contribution in [1.29, 1.82) is 0 Å². The molecule has 0 aliphatic rings. The van der Waals surface area contributed by atoms with E-state index < -0.39 is 46.5 Å². The number of halogens is 1. The lowest BCUT2D eigenvalue weighted by molar-refractivity contribution is -0.145. The topological polar surface area (TPSA) is 102 Å². The van der Waals surface area contributed by atoms with Crippen LogP contribution in [0.5, 0.6) is 0 Å². The van der Waals surface area contributed by atoms with Crippen LogP contribution in [0.3, 0.4) is 0 Å². The Morgan fingerprint density at radius 3 is 2.23 bits per heavy atom. The number of esters is 1. The first-order valence-corrected chi connectivity index (χ1v) is 10.9. The Morgan fingerprint density at radius 2 is 1.65 bits per heavy atom. The Bertz CT molecular complexity index is 921. The molecule has 3 atom stereocenters. The first-order valence-electron chi connectivity index (χ1n) is 9.63. The van der Waals surface area contributed by atoms with Gasteiger partial charge in [0.05, 0.1) is 17.9 Å². The lowest BCUT2D eigenvalue weighted by atomic mass is 10.0. The number of ether oxygens (including phenoxy) is 1. The molecule has 0 aromatic heterocycles. The molecular formula is C22H25FN2O5S. The fraction of sp³-hybridized carbons (Fsp3) is 0.318. The molecule has 0 bridgehead atoms. The van der Waals surface area contributed by atoms with Gasteiger partial charge in [-0.05, 0) is 36.2 Å². The van der Waals surface area contributed by atoms with Crippen LogP contribution in [0.15, 0.2) is 59.5 Å². The van der Waals surface area contributed by atoms with Crippen molar-refractivity contribution in [3.63, 3.8) is 0 Å². The van der Waals surface area contributed by atoms with Crippen LogP contribution in [0.25, 0.3) is 0 Å². The fourth-order valence-corrected chi connectivity index (χ4v) is 4.04. The SMILES string of the molecule is COC(=O)[C@@H](CC[S@@](=O)c1ccccc1)NC(=O)[C@H](Cc1ccc(F)cc1)NC(C)=O. The Hall–Kier alpha value is -3.07.